The molecule has 3 N–H and O–H groups in total. The maximum atomic E-state index is 13.6. The molecule has 3 aliphatic rings. The van der Waals surface area contributed by atoms with Crippen LogP contribution in [0.4, 0.5) is 20.4 Å². The van der Waals surface area contributed by atoms with E-state index in [9.17, 15) is 18.7 Å². The van der Waals surface area contributed by atoms with E-state index in [0.29, 0.717) is 22.7 Å². The number of aromatic nitrogens is 5. The van der Waals surface area contributed by atoms with Gasteiger partial charge in [0.25, 0.3) is 11.5 Å². The van der Waals surface area contributed by atoms with Gasteiger partial charge in [-0.1, -0.05) is 6.07 Å². The van der Waals surface area contributed by atoms with Gasteiger partial charge < -0.3 is 15.7 Å². The summed E-state index contributed by atoms with van der Waals surface area (Å²) < 4.78 is 30.5. The van der Waals surface area contributed by atoms with Crippen LogP contribution in [0, 0.1) is 0 Å². The Morgan fingerprint density at radius 1 is 1.11 bits per heavy atom. The van der Waals surface area contributed by atoms with Crippen LogP contribution in [0.15, 0.2) is 47.5 Å². The SMILES string of the molecule is O=c1c2cnc(Nc3ccc4c(c3)CNCC4)nc2n(-c2ccnc(C3(O)CC(F)(F)C3)c2)n1C1CC1. The molecule has 7 rings (SSSR count). The second-order valence-corrected chi connectivity index (χ2v) is 10.3. The standard InChI is InChI=1S/C26H25F2N7O2/c27-26(28)13-25(37,14-26)21-10-19(6-8-30-21)34-22-20(23(36)35(34)18-3-4-18)12-31-24(33-22)32-17-2-1-15-5-7-29-11-16(15)9-17/h1-2,6,8-10,12,18,29,37H,3-5,7,11,13-14H2,(H,31,32,33). The number of aliphatic hydroxyl groups is 1. The topological polar surface area (TPSA) is 110 Å². The number of nitrogens with one attached hydrogen (secondary N) is 2. The molecule has 2 aliphatic carbocycles. The Morgan fingerprint density at radius 3 is 2.73 bits per heavy atom. The summed E-state index contributed by atoms with van der Waals surface area (Å²) >= 11 is 0. The number of nitrogens with zero attached hydrogens (tertiary/aromatic N) is 5. The molecule has 0 saturated heterocycles. The molecule has 37 heavy (non-hydrogen) atoms. The summed E-state index contributed by atoms with van der Waals surface area (Å²) in [5.74, 6) is -2.58. The van der Waals surface area contributed by atoms with E-state index in [0.717, 1.165) is 38.0 Å². The van der Waals surface area contributed by atoms with Gasteiger partial charge in [-0.2, -0.15) is 4.98 Å². The van der Waals surface area contributed by atoms with E-state index in [2.05, 4.69) is 32.7 Å². The third kappa shape index (κ3) is 3.80. The van der Waals surface area contributed by atoms with Gasteiger partial charge in [0.15, 0.2) is 5.65 Å². The van der Waals surface area contributed by atoms with Crippen molar-refractivity contribution >= 4 is 22.7 Å². The zero-order chi connectivity index (χ0) is 25.4. The highest BCUT2D eigenvalue weighted by Crippen LogP contribution is 2.51. The molecule has 0 atom stereocenters. The zero-order valence-corrected chi connectivity index (χ0v) is 19.9. The summed E-state index contributed by atoms with van der Waals surface area (Å²) in [5, 5.41) is 17.7. The molecule has 2 fully saturated rings. The van der Waals surface area contributed by atoms with Crippen molar-refractivity contribution in [1.82, 2.24) is 29.6 Å². The van der Waals surface area contributed by atoms with E-state index >= 15 is 0 Å². The van der Waals surface area contributed by atoms with Crippen molar-refractivity contribution in [2.45, 2.75) is 56.2 Å². The van der Waals surface area contributed by atoms with Crippen molar-refractivity contribution < 1.29 is 13.9 Å². The van der Waals surface area contributed by atoms with Crippen molar-refractivity contribution in [2.75, 3.05) is 11.9 Å². The van der Waals surface area contributed by atoms with Crippen LogP contribution in [0.1, 0.15) is 48.5 Å². The molecule has 4 heterocycles. The maximum absolute atomic E-state index is 13.6. The van der Waals surface area contributed by atoms with E-state index < -0.39 is 24.4 Å². The molecule has 190 valence electrons. The van der Waals surface area contributed by atoms with Gasteiger partial charge in [0.05, 0.1) is 17.4 Å². The molecule has 0 bridgehead atoms. The second kappa shape index (κ2) is 7.90. The number of fused-ring (bicyclic) bond motifs is 2. The molecule has 0 amide bonds. The molecule has 0 spiro atoms. The quantitative estimate of drug-likeness (QED) is 0.382. The molecule has 0 radical (unpaired) electrons. The second-order valence-electron chi connectivity index (χ2n) is 10.3. The first kappa shape index (κ1) is 22.5. The number of benzene rings is 1. The fourth-order valence-electron chi connectivity index (χ4n) is 5.43. The van der Waals surface area contributed by atoms with Crippen LogP contribution in [0.5, 0.6) is 0 Å². The third-order valence-corrected chi connectivity index (χ3v) is 7.43. The van der Waals surface area contributed by atoms with Gasteiger partial charge in [0.2, 0.25) is 5.95 Å². The Kier molecular flexibility index (Phi) is 4.80. The largest absolute Gasteiger partial charge is 0.383 e. The van der Waals surface area contributed by atoms with Crippen LogP contribution in [0.3, 0.4) is 0 Å². The number of anilines is 2. The Hall–Kier alpha value is -3.70. The fraction of sp³-hybridized carbons (Fsp3) is 0.385. The van der Waals surface area contributed by atoms with Gasteiger partial charge in [-0.3, -0.25) is 9.78 Å². The average molecular weight is 506 g/mol. The third-order valence-electron chi connectivity index (χ3n) is 7.43. The van der Waals surface area contributed by atoms with Crippen LogP contribution in [0.25, 0.3) is 16.7 Å². The van der Waals surface area contributed by atoms with Gasteiger partial charge >= 0.3 is 0 Å². The molecule has 9 nitrogen and oxygen atoms in total. The highest BCUT2D eigenvalue weighted by Gasteiger charge is 2.57. The minimum atomic E-state index is -2.91. The van der Waals surface area contributed by atoms with Gasteiger partial charge in [0, 0.05) is 37.5 Å². The lowest BCUT2D eigenvalue weighted by atomic mass is 9.74. The Balaban J connectivity index is 1.31. The highest BCUT2D eigenvalue weighted by atomic mass is 19.3. The fourth-order valence-corrected chi connectivity index (χ4v) is 5.43. The molecule has 0 unspecified atom stereocenters. The van der Waals surface area contributed by atoms with Crippen molar-refractivity contribution in [3.8, 4) is 5.69 Å². The van der Waals surface area contributed by atoms with E-state index in [4.69, 9.17) is 4.98 Å². The summed E-state index contributed by atoms with van der Waals surface area (Å²) in [4.78, 5) is 26.6. The summed E-state index contributed by atoms with van der Waals surface area (Å²) in [6, 6.07) is 9.43. The highest BCUT2D eigenvalue weighted by molar-refractivity contribution is 5.77. The molecular formula is C26H25F2N7O2. The number of halogens is 2. The first-order valence-corrected chi connectivity index (χ1v) is 12.5. The van der Waals surface area contributed by atoms with Crippen LogP contribution >= 0.6 is 0 Å². The normalized spacial score (nSPS) is 19.9. The zero-order valence-electron chi connectivity index (χ0n) is 19.9. The Labute approximate surface area is 210 Å². The number of pyridine rings is 1. The van der Waals surface area contributed by atoms with Crippen molar-refractivity contribution in [1.29, 1.82) is 0 Å². The number of hydrogen-bond donors (Lipinski definition) is 3. The van der Waals surface area contributed by atoms with Crippen LogP contribution in [-0.2, 0) is 18.6 Å². The van der Waals surface area contributed by atoms with Crippen LogP contribution < -0.4 is 16.2 Å². The molecule has 2 saturated carbocycles. The number of alkyl halides is 2. The van der Waals surface area contributed by atoms with E-state index in [1.54, 1.807) is 21.5 Å². The molecule has 3 aromatic heterocycles. The summed E-state index contributed by atoms with van der Waals surface area (Å²) in [6.45, 7) is 1.77. The molecular weight excluding hydrogens is 480 g/mol. The number of hydrogen-bond acceptors (Lipinski definition) is 7. The van der Waals surface area contributed by atoms with Gasteiger partial charge in [-0.15, -0.1) is 0 Å². The van der Waals surface area contributed by atoms with Crippen molar-refractivity contribution in [3.05, 3.63) is 69.9 Å². The van der Waals surface area contributed by atoms with Crippen molar-refractivity contribution in [3.63, 3.8) is 0 Å². The summed E-state index contributed by atoms with van der Waals surface area (Å²) in [6.07, 6.45) is 4.33. The summed E-state index contributed by atoms with van der Waals surface area (Å²) in [5.41, 5.74) is 2.55. The average Bonchev–Trinajstić information content (AvgIpc) is 3.66. The first-order chi connectivity index (χ1) is 17.8. The van der Waals surface area contributed by atoms with E-state index in [1.807, 2.05) is 6.07 Å². The van der Waals surface area contributed by atoms with E-state index in [1.165, 1.54) is 23.5 Å². The lowest BCUT2D eigenvalue weighted by Gasteiger charge is -2.42. The lowest BCUT2D eigenvalue weighted by molar-refractivity contribution is -0.212. The smallest absolute Gasteiger partial charge is 0.278 e. The van der Waals surface area contributed by atoms with Crippen LogP contribution in [0.2, 0.25) is 0 Å². The maximum Gasteiger partial charge on any atom is 0.278 e. The van der Waals surface area contributed by atoms with Crippen LogP contribution in [-0.4, -0.2) is 41.9 Å². The van der Waals surface area contributed by atoms with Gasteiger partial charge in [-0.05, 0) is 61.2 Å². The minimum absolute atomic E-state index is 0.0130. The predicted octanol–water partition coefficient (Wildman–Crippen LogP) is 3.32. The molecule has 11 heteroatoms. The van der Waals surface area contributed by atoms with E-state index in [-0.39, 0.29) is 17.3 Å². The summed E-state index contributed by atoms with van der Waals surface area (Å²) in [7, 11) is 0. The van der Waals surface area contributed by atoms with Gasteiger partial charge in [0.1, 0.15) is 11.0 Å². The first-order valence-electron chi connectivity index (χ1n) is 12.5. The van der Waals surface area contributed by atoms with Gasteiger partial charge in [-0.25, -0.2) is 23.1 Å². The molecule has 1 aromatic carbocycles. The van der Waals surface area contributed by atoms with Crippen molar-refractivity contribution in [2.24, 2.45) is 0 Å². The predicted molar refractivity (Wildman–Crippen MR) is 132 cm³/mol. The Bertz CT molecular complexity index is 1600. The molecule has 4 aromatic rings. The Morgan fingerprint density at radius 2 is 1.95 bits per heavy atom. The minimum Gasteiger partial charge on any atom is -0.383 e. The lowest BCUT2D eigenvalue weighted by Crippen LogP contribution is -2.49. The number of rotatable bonds is 5. The monoisotopic (exact) mass is 505 g/mol. The molecule has 1 aliphatic heterocycles.